The van der Waals surface area contributed by atoms with Gasteiger partial charge in [-0.05, 0) is 13.8 Å². The predicted molar refractivity (Wildman–Crippen MR) is 76.5 cm³/mol. The van der Waals surface area contributed by atoms with Gasteiger partial charge in [0.25, 0.3) is 6.47 Å². The van der Waals surface area contributed by atoms with Gasteiger partial charge in [-0.25, -0.2) is 4.98 Å². The number of carbonyl (C=O) groups is 1. The van der Waals surface area contributed by atoms with Crippen LogP contribution in [0.25, 0.3) is 0 Å². The molecular formula is C13H21N5O3. The minimum atomic E-state index is -0.250. The number of aliphatic hydroxyl groups excluding tert-OH is 1. The van der Waals surface area contributed by atoms with Gasteiger partial charge in [-0.1, -0.05) is 0 Å². The zero-order chi connectivity index (χ0) is 15.7. The van der Waals surface area contributed by atoms with Crippen molar-refractivity contribution in [2.24, 2.45) is 0 Å². The van der Waals surface area contributed by atoms with E-state index in [9.17, 15) is 0 Å². The molecule has 0 bridgehead atoms. The third kappa shape index (κ3) is 5.36. The second-order valence-electron chi connectivity index (χ2n) is 4.49. The molecule has 2 aromatic rings. The Labute approximate surface area is 122 Å². The number of aromatic amines is 2. The summed E-state index contributed by atoms with van der Waals surface area (Å²) >= 11 is 0. The predicted octanol–water partition coefficient (Wildman–Crippen LogP) is 0.445. The SMILES string of the molecule is Cc1n[nH]c(C)c1CN(CCO)Cc1ncc[nH]1.O=CO. The molecule has 0 aromatic carbocycles. The highest BCUT2D eigenvalue weighted by atomic mass is 16.3. The summed E-state index contributed by atoms with van der Waals surface area (Å²) in [7, 11) is 0. The van der Waals surface area contributed by atoms with Gasteiger partial charge in [0.2, 0.25) is 0 Å². The van der Waals surface area contributed by atoms with Gasteiger partial charge in [0.05, 0.1) is 18.8 Å². The molecule has 0 atom stereocenters. The third-order valence-corrected chi connectivity index (χ3v) is 3.01. The van der Waals surface area contributed by atoms with E-state index in [2.05, 4.69) is 25.1 Å². The Bertz CT molecular complexity index is 504. The van der Waals surface area contributed by atoms with Crippen molar-refractivity contribution in [1.29, 1.82) is 0 Å². The zero-order valence-corrected chi connectivity index (χ0v) is 12.2. The Morgan fingerprint density at radius 3 is 2.57 bits per heavy atom. The van der Waals surface area contributed by atoms with Gasteiger partial charge in [-0.3, -0.25) is 14.8 Å². The van der Waals surface area contributed by atoms with Crippen molar-refractivity contribution in [2.45, 2.75) is 26.9 Å². The fourth-order valence-corrected chi connectivity index (χ4v) is 1.98. The van der Waals surface area contributed by atoms with E-state index in [1.807, 2.05) is 13.8 Å². The Morgan fingerprint density at radius 1 is 1.38 bits per heavy atom. The summed E-state index contributed by atoms with van der Waals surface area (Å²) in [6.07, 6.45) is 3.54. The quantitative estimate of drug-likeness (QED) is 0.574. The van der Waals surface area contributed by atoms with Crippen LogP contribution in [0.4, 0.5) is 0 Å². The Hall–Kier alpha value is -2.19. The third-order valence-electron chi connectivity index (χ3n) is 3.01. The monoisotopic (exact) mass is 295 g/mol. The van der Waals surface area contributed by atoms with E-state index >= 15 is 0 Å². The van der Waals surface area contributed by atoms with E-state index in [1.165, 1.54) is 5.56 Å². The second kappa shape index (κ2) is 8.88. The minimum Gasteiger partial charge on any atom is -0.483 e. The summed E-state index contributed by atoms with van der Waals surface area (Å²) in [5, 5.41) is 23.2. The molecule has 2 heterocycles. The fraction of sp³-hybridized carbons (Fsp3) is 0.462. The lowest BCUT2D eigenvalue weighted by Crippen LogP contribution is -2.27. The molecule has 4 N–H and O–H groups in total. The zero-order valence-electron chi connectivity index (χ0n) is 12.2. The summed E-state index contributed by atoms with van der Waals surface area (Å²) in [5.74, 6) is 0.905. The van der Waals surface area contributed by atoms with E-state index in [-0.39, 0.29) is 13.1 Å². The molecule has 0 aliphatic heterocycles. The number of nitrogens with zero attached hydrogens (tertiary/aromatic N) is 3. The summed E-state index contributed by atoms with van der Waals surface area (Å²) in [4.78, 5) is 17.8. The Balaban J connectivity index is 0.000000677. The highest BCUT2D eigenvalue weighted by molar-refractivity contribution is 5.32. The minimum absolute atomic E-state index is 0.136. The van der Waals surface area contributed by atoms with Gasteiger partial charge in [0.15, 0.2) is 0 Å². The molecule has 0 aliphatic carbocycles. The van der Waals surface area contributed by atoms with Crippen LogP contribution in [0.15, 0.2) is 12.4 Å². The van der Waals surface area contributed by atoms with Crippen LogP contribution in [-0.2, 0) is 17.9 Å². The molecule has 0 saturated carbocycles. The van der Waals surface area contributed by atoms with E-state index in [0.717, 1.165) is 23.8 Å². The van der Waals surface area contributed by atoms with Crippen LogP contribution >= 0.6 is 0 Å². The number of carboxylic acid groups (broad SMARTS) is 1. The van der Waals surface area contributed by atoms with Gasteiger partial charge < -0.3 is 15.2 Å². The first kappa shape index (κ1) is 16.9. The first-order valence-corrected chi connectivity index (χ1v) is 6.52. The Kier molecular flexibility index (Phi) is 7.13. The molecule has 0 amide bonds. The van der Waals surface area contributed by atoms with Crippen molar-refractivity contribution >= 4 is 6.47 Å². The number of hydrogen-bond acceptors (Lipinski definition) is 5. The maximum atomic E-state index is 9.14. The number of rotatable bonds is 6. The van der Waals surface area contributed by atoms with Gasteiger partial charge in [-0.15, -0.1) is 0 Å². The molecule has 0 aliphatic rings. The average molecular weight is 295 g/mol. The summed E-state index contributed by atoms with van der Waals surface area (Å²) in [5.41, 5.74) is 3.28. The number of aromatic nitrogens is 4. The smallest absolute Gasteiger partial charge is 0.290 e. The maximum Gasteiger partial charge on any atom is 0.290 e. The topological polar surface area (TPSA) is 118 Å². The number of imidazole rings is 1. The van der Waals surface area contributed by atoms with Crippen LogP contribution in [-0.4, -0.2) is 54.9 Å². The highest BCUT2D eigenvalue weighted by Crippen LogP contribution is 2.13. The largest absolute Gasteiger partial charge is 0.483 e. The van der Waals surface area contributed by atoms with Crippen LogP contribution in [0.1, 0.15) is 22.8 Å². The van der Waals surface area contributed by atoms with Crippen molar-refractivity contribution in [3.63, 3.8) is 0 Å². The van der Waals surface area contributed by atoms with E-state index in [1.54, 1.807) is 12.4 Å². The highest BCUT2D eigenvalue weighted by Gasteiger charge is 2.13. The number of nitrogens with one attached hydrogen (secondary N) is 2. The number of hydrogen-bond donors (Lipinski definition) is 4. The molecule has 0 spiro atoms. The van der Waals surface area contributed by atoms with Crippen LogP contribution < -0.4 is 0 Å². The molecule has 0 saturated heterocycles. The first-order valence-electron chi connectivity index (χ1n) is 6.52. The van der Waals surface area contributed by atoms with Crippen LogP contribution in [0.3, 0.4) is 0 Å². The standard InChI is InChI=1S/C12H19N5O.CH2O2/c1-9-11(10(2)16-15-9)7-17(5-6-18)8-12-13-3-4-14-12;2-1-3/h3-4,18H,5-8H2,1-2H3,(H,13,14)(H,15,16);1H,(H,2,3). The molecule has 21 heavy (non-hydrogen) atoms. The lowest BCUT2D eigenvalue weighted by molar-refractivity contribution is -0.122. The maximum absolute atomic E-state index is 9.14. The molecule has 0 radical (unpaired) electrons. The lowest BCUT2D eigenvalue weighted by Gasteiger charge is -2.20. The van der Waals surface area contributed by atoms with Crippen molar-refractivity contribution in [3.8, 4) is 0 Å². The average Bonchev–Trinajstić information content (AvgIpc) is 3.05. The van der Waals surface area contributed by atoms with Crippen LogP contribution in [0.5, 0.6) is 0 Å². The first-order chi connectivity index (χ1) is 10.1. The molecule has 8 nitrogen and oxygen atoms in total. The molecule has 2 rings (SSSR count). The van der Waals surface area contributed by atoms with Crippen molar-refractivity contribution < 1.29 is 15.0 Å². The fourth-order valence-electron chi connectivity index (χ4n) is 1.98. The Morgan fingerprint density at radius 2 is 2.10 bits per heavy atom. The van der Waals surface area contributed by atoms with E-state index < -0.39 is 0 Å². The van der Waals surface area contributed by atoms with E-state index in [0.29, 0.717) is 13.1 Å². The van der Waals surface area contributed by atoms with Gasteiger partial charge in [0, 0.05) is 36.7 Å². The second-order valence-corrected chi connectivity index (χ2v) is 4.49. The molecule has 0 fully saturated rings. The van der Waals surface area contributed by atoms with E-state index in [4.69, 9.17) is 15.0 Å². The number of aryl methyl sites for hydroxylation is 2. The van der Waals surface area contributed by atoms with Crippen molar-refractivity contribution in [3.05, 3.63) is 35.2 Å². The normalized spacial score (nSPS) is 10.3. The molecule has 0 unspecified atom stereocenters. The van der Waals surface area contributed by atoms with Crippen LogP contribution in [0, 0.1) is 13.8 Å². The van der Waals surface area contributed by atoms with Crippen molar-refractivity contribution in [2.75, 3.05) is 13.2 Å². The van der Waals surface area contributed by atoms with Gasteiger partial charge in [-0.2, -0.15) is 5.10 Å². The lowest BCUT2D eigenvalue weighted by atomic mass is 10.2. The summed E-state index contributed by atoms with van der Waals surface area (Å²) in [6, 6.07) is 0. The molecule has 2 aromatic heterocycles. The van der Waals surface area contributed by atoms with Gasteiger partial charge in [0.1, 0.15) is 5.82 Å². The summed E-state index contributed by atoms with van der Waals surface area (Å²) in [6.45, 7) is 5.96. The van der Waals surface area contributed by atoms with Crippen LogP contribution in [0.2, 0.25) is 0 Å². The molecular weight excluding hydrogens is 274 g/mol. The number of H-pyrrole nitrogens is 2. The van der Waals surface area contributed by atoms with Gasteiger partial charge >= 0.3 is 0 Å². The summed E-state index contributed by atoms with van der Waals surface area (Å²) < 4.78 is 0. The molecule has 8 heteroatoms. The number of aliphatic hydroxyl groups is 1. The van der Waals surface area contributed by atoms with Crippen molar-refractivity contribution in [1.82, 2.24) is 25.1 Å². The molecule has 116 valence electrons.